The van der Waals surface area contributed by atoms with Crippen LogP contribution in [0.25, 0.3) is 0 Å². The zero-order valence-electron chi connectivity index (χ0n) is 21.4. The molecule has 3 amide bonds. The molecule has 1 aromatic rings. The average Bonchev–Trinajstić information content (AvgIpc) is 3.35. The topological polar surface area (TPSA) is 106 Å². The van der Waals surface area contributed by atoms with Gasteiger partial charge < -0.3 is 10.2 Å². The maximum absolute atomic E-state index is 13.6. The van der Waals surface area contributed by atoms with Crippen molar-refractivity contribution in [2.75, 3.05) is 32.7 Å². The third-order valence-corrected chi connectivity index (χ3v) is 7.21. The van der Waals surface area contributed by atoms with Gasteiger partial charge in [-0.2, -0.15) is 0 Å². The minimum absolute atomic E-state index is 0.0656. The van der Waals surface area contributed by atoms with E-state index in [1.54, 1.807) is 6.20 Å². The van der Waals surface area contributed by atoms with Crippen molar-refractivity contribution in [2.24, 2.45) is 17.3 Å². The second kappa shape index (κ2) is 12.4. The van der Waals surface area contributed by atoms with Crippen LogP contribution >= 0.6 is 0 Å². The molecule has 2 aliphatic rings. The number of hydroxylamine groups is 2. The van der Waals surface area contributed by atoms with Gasteiger partial charge in [-0.3, -0.25) is 29.5 Å². The summed E-state index contributed by atoms with van der Waals surface area (Å²) >= 11 is 0. The quantitative estimate of drug-likeness (QED) is 0.298. The Bertz CT molecular complexity index is 830. The molecule has 0 unspecified atom stereocenters. The molecular weight excluding hydrogens is 446 g/mol. The van der Waals surface area contributed by atoms with Gasteiger partial charge >= 0.3 is 0 Å². The van der Waals surface area contributed by atoms with E-state index >= 15 is 0 Å². The molecule has 1 aromatic heterocycles. The molecule has 0 bridgehead atoms. The van der Waals surface area contributed by atoms with E-state index in [2.05, 4.69) is 21.3 Å². The van der Waals surface area contributed by atoms with Crippen molar-refractivity contribution in [2.45, 2.75) is 65.5 Å². The molecular formula is C26H41N5O4. The van der Waals surface area contributed by atoms with E-state index in [0.717, 1.165) is 50.9 Å². The molecule has 1 saturated carbocycles. The first-order valence-electron chi connectivity index (χ1n) is 12.8. The Hall–Kier alpha value is -2.52. The second-order valence-electron chi connectivity index (χ2n) is 11.1. The number of rotatable bonds is 10. The van der Waals surface area contributed by atoms with Crippen molar-refractivity contribution in [3.63, 3.8) is 0 Å². The summed E-state index contributed by atoms with van der Waals surface area (Å²) in [5.41, 5.74) is 0.662. The lowest BCUT2D eigenvalue weighted by Gasteiger charge is -2.40. The Labute approximate surface area is 208 Å². The second-order valence-corrected chi connectivity index (χ2v) is 11.1. The van der Waals surface area contributed by atoms with Crippen LogP contribution in [0.2, 0.25) is 0 Å². The number of aromatic nitrogens is 1. The van der Waals surface area contributed by atoms with Gasteiger partial charge in [-0.05, 0) is 29.4 Å². The number of carbonyl (C=O) groups is 3. The first-order chi connectivity index (χ1) is 16.7. The van der Waals surface area contributed by atoms with Crippen LogP contribution in [-0.4, -0.2) is 82.0 Å². The van der Waals surface area contributed by atoms with Crippen molar-refractivity contribution in [3.8, 4) is 0 Å². The van der Waals surface area contributed by atoms with E-state index in [1.165, 1.54) is 0 Å². The first-order valence-corrected chi connectivity index (χ1v) is 12.8. The predicted octanol–water partition coefficient (Wildman–Crippen LogP) is 2.30. The van der Waals surface area contributed by atoms with Gasteiger partial charge in [0.05, 0.1) is 12.5 Å². The highest BCUT2D eigenvalue weighted by Gasteiger charge is 2.38. The summed E-state index contributed by atoms with van der Waals surface area (Å²) < 4.78 is 0. The molecule has 194 valence electrons. The van der Waals surface area contributed by atoms with Crippen LogP contribution in [0.15, 0.2) is 24.5 Å². The summed E-state index contributed by atoms with van der Waals surface area (Å²) in [4.78, 5) is 46.2. The highest BCUT2D eigenvalue weighted by Crippen LogP contribution is 2.31. The number of hydrogen-bond acceptors (Lipinski definition) is 6. The van der Waals surface area contributed by atoms with Crippen LogP contribution in [0, 0.1) is 17.3 Å². The Morgan fingerprint density at radius 2 is 1.91 bits per heavy atom. The molecule has 9 heteroatoms. The molecule has 35 heavy (non-hydrogen) atoms. The predicted molar refractivity (Wildman–Crippen MR) is 132 cm³/mol. The van der Waals surface area contributed by atoms with Crippen molar-refractivity contribution >= 4 is 18.2 Å². The van der Waals surface area contributed by atoms with Crippen LogP contribution in [-0.2, 0) is 20.9 Å². The van der Waals surface area contributed by atoms with Gasteiger partial charge in [0.15, 0.2) is 0 Å². The average molecular weight is 488 g/mol. The Morgan fingerprint density at radius 1 is 1.23 bits per heavy atom. The summed E-state index contributed by atoms with van der Waals surface area (Å²) in [7, 11) is 0. The van der Waals surface area contributed by atoms with Gasteiger partial charge in [0.2, 0.25) is 18.2 Å². The standard InChI is InChI=1S/C26H41N5O4/c1-26(2,3)23(28-24(33)22(18-31(35)19-32)15-20-7-4-5-8-20)25(34)30-13-11-29(12-14-30)17-21-9-6-10-27-16-21/h6,9-10,16,19-20,22-23,35H,4-5,7-8,11-15,17-18H2,1-3H3,(H,28,33)/t22-,23-/m1/s1. The molecule has 9 nitrogen and oxygen atoms in total. The van der Waals surface area contributed by atoms with Gasteiger partial charge in [-0.15, -0.1) is 0 Å². The summed E-state index contributed by atoms with van der Waals surface area (Å²) in [5, 5.41) is 13.3. The minimum atomic E-state index is -0.686. The Morgan fingerprint density at radius 3 is 2.49 bits per heavy atom. The summed E-state index contributed by atoms with van der Waals surface area (Å²) in [6.07, 6.45) is 8.96. The molecule has 0 aromatic carbocycles. The van der Waals surface area contributed by atoms with Gasteiger partial charge in [0.25, 0.3) is 0 Å². The fourth-order valence-electron chi connectivity index (χ4n) is 5.15. The van der Waals surface area contributed by atoms with Gasteiger partial charge in [-0.1, -0.05) is 52.5 Å². The molecule has 2 heterocycles. The lowest BCUT2D eigenvalue weighted by atomic mass is 9.84. The summed E-state index contributed by atoms with van der Waals surface area (Å²) in [6.45, 7) is 9.30. The molecule has 2 fully saturated rings. The van der Waals surface area contributed by atoms with Crippen molar-refractivity contribution in [1.29, 1.82) is 0 Å². The molecule has 0 spiro atoms. The van der Waals surface area contributed by atoms with Crippen molar-refractivity contribution in [3.05, 3.63) is 30.1 Å². The van der Waals surface area contributed by atoms with Gasteiger partial charge in [-0.25, -0.2) is 5.06 Å². The fourth-order valence-corrected chi connectivity index (χ4v) is 5.15. The molecule has 2 N–H and O–H groups in total. The lowest BCUT2D eigenvalue weighted by Crippen LogP contribution is -2.59. The van der Waals surface area contributed by atoms with Crippen LogP contribution < -0.4 is 5.32 Å². The zero-order chi connectivity index (χ0) is 25.4. The van der Waals surface area contributed by atoms with E-state index in [9.17, 15) is 19.6 Å². The van der Waals surface area contributed by atoms with Crippen LogP contribution in [0.1, 0.15) is 58.4 Å². The van der Waals surface area contributed by atoms with Crippen molar-refractivity contribution < 1.29 is 19.6 Å². The van der Waals surface area contributed by atoms with E-state index in [0.29, 0.717) is 36.9 Å². The number of nitrogens with one attached hydrogen (secondary N) is 1. The van der Waals surface area contributed by atoms with E-state index in [-0.39, 0.29) is 18.4 Å². The monoisotopic (exact) mass is 487 g/mol. The maximum Gasteiger partial charge on any atom is 0.245 e. The largest absolute Gasteiger partial charge is 0.344 e. The zero-order valence-corrected chi connectivity index (χ0v) is 21.4. The third kappa shape index (κ3) is 8.00. The molecule has 1 saturated heterocycles. The van der Waals surface area contributed by atoms with Gasteiger partial charge in [0.1, 0.15) is 6.04 Å². The first kappa shape index (κ1) is 27.1. The number of carbonyl (C=O) groups excluding carboxylic acids is 3. The number of hydrogen-bond donors (Lipinski definition) is 2. The normalized spacial score (nSPS) is 19.3. The van der Waals surface area contributed by atoms with Crippen LogP contribution in [0.4, 0.5) is 0 Å². The number of amides is 3. The smallest absolute Gasteiger partial charge is 0.245 e. The molecule has 3 rings (SSSR count). The molecule has 2 atom stereocenters. The van der Waals surface area contributed by atoms with Crippen LogP contribution in [0.5, 0.6) is 0 Å². The maximum atomic E-state index is 13.6. The van der Waals surface area contributed by atoms with E-state index in [1.807, 2.05) is 37.9 Å². The summed E-state index contributed by atoms with van der Waals surface area (Å²) in [6, 6.07) is 3.29. The minimum Gasteiger partial charge on any atom is -0.344 e. The fraction of sp³-hybridized carbons (Fsp3) is 0.692. The number of pyridine rings is 1. The van der Waals surface area contributed by atoms with E-state index in [4.69, 9.17) is 0 Å². The Balaban J connectivity index is 1.62. The van der Waals surface area contributed by atoms with E-state index < -0.39 is 17.4 Å². The van der Waals surface area contributed by atoms with Crippen LogP contribution in [0.3, 0.4) is 0 Å². The lowest BCUT2D eigenvalue weighted by molar-refractivity contribution is -0.156. The Kier molecular flexibility index (Phi) is 9.63. The number of piperazine rings is 1. The summed E-state index contributed by atoms with van der Waals surface area (Å²) in [5.74, 6) is -0.506. The molecule has 0 radical (unpaired) electrons. The molecule has 1 aliphatic carbocycles. The van der Waals surface area contributed by atoms with Crippen molar-refractivity contribution in [1.82, 2.24) is 25.2 Å². The molecule has 1 aliphatic heterocycles. The third-order valence-electron chi connectivity index (χ3n) is 7.21. The SMILES string of the molecule is CC(C)(C)[C@H](NC(=O)[C@H](CC1CCCC1)CN(O)C=O)C(=O)N1CCN(Cc2cccnc2)CC1. The highest BCUT2D eigenvalue weighted by atomic mass is 16.5. The highest BCUT2D eigenvalue weighted by molar-refractivity contribution is 5.89. The number of nitrogens with zero attached hydrogens (tertiary/aromatic N) is 4. The van der Waals surface area contributed by atoms with Gasteiger partial charge in [0, 0.05) is 45.1 Å².